The summed E-state index contributed by atoms with van der Waals surface area (Å²) in [6.45, 7) is 9.96. The highest BCUT2D eigenvalue weighted by Crippen LogP contribution is 2.65. The fourth-order valence-corrected chi connectivity index (χ4v) is 7.34. The number of hydrogen-bond donors (Lipinski definition) is 4. The van der Waals surface area contributed by atoms with Crippen molar-refractivity contribution >= 4 is 35.4 Å². The Morgan fingerprint density at radius 3 is 2.09 bits per heavy atom. The minimum Gasteiger partial charge on any atom is -0.363 e. The number of amides is 6. The van der Waals surface area contributed by atoms with E-state index in [1.807, 2.05) is 20.8 Å². The average molecular weight is 603 g/mol. The van der Waals surface area contributed by atoms with E-state index >= 15 is 0 Å². The molecule has 4 rings (SSSR count). The number of carbonyl (C=O) groups is 6. The molecule has 12 heteroatoms. The van der Waals surface area contributed by atoms with E-state index in [-0.39, 0.29) is 29.1 Å². The minimum atomic E-state index is -1.10. The lowest BCUT2D eigenvalue weighted by Crippen LogP contribution is -2.65. The maximum absolute atomic E-state index is 14.2. The Bertz CT molecular complexity index is 1170. The SMILES string of the molecule is CN(C)C(=O)C1(NC(=O)N[C@H](C(=O)N2C[C@H]3[C@@H]([C@H]2C(=O)NC(CC2CC2)C(=O)C(N)=O)C3(C)C)C(C)(C)C)CCCCC1. The maximum atomic E-state index is 14.2. The van der Waals surface area contributed by atoms with Crippen LogP contribution in [0.4, 0.5) is 4.79 Å². The number of urea groups is 1. The van der Waals surface area contributed by atoms with Crippen LogP contribution in [-0.2, 0) is 24.0 Å². The lowest BCUT2D eigenvalue weighted by atomic mass is 9.80. The first-order chi connectivity index (χ1) is 19.9. The number of rotatable bonds is 10. The molecule has 1 saturated heterocycles. The van der Waals surface area contributed by atoms with Crippen molar-refractivity contribution in [2.24, 2.45) is 34.3 Å². The summed E-state index contributed by atoms with van der Waals surface area (Å²) >= 11 is 0. The van der Waals surface area contributed by atoms with Gasteiger partial charge in [-0.05, 0) is 47.8 Å². The van der Waals surface area contributed by atoms with E-state index in [4.69, 9.17) is 5.73 Å². The molecular formula is C31H50N6O6. The molecule has 12 nitrogen and oxygen atoms in total. The van der Waals surface area contributed by atoms with Crippen molar-refractivity contribution in [3.8, 4) is 0 Å². The molecule has 0 bridgehead atoms. The predicted molar refractivity (Wildman–Crippen MR) is 159 cm³/mol. The van der Waals surface area contributed by atoms with Crippen molar-refractivity contribution in [3.63, 3.8) is 0 Å². The highest BCUT2D eigenvalue weighted by Gasteiger charge is 2.70. The summed E-state index contributed by atoms with van der Waals surface area (Å²) < 4.78 is 0. The summed E-state index contributed by atoms with van der Waals surface area (Å²) in [6.07, 6.45) is 5.83. The molecule has 43 heavy (non-hydrogen) atoms. The number of Topliss-reactive ketones (excluding diaryl/α,β-unsaturated/α-hetero) is 1. The van der Waals surface area contributed by atoms with E-state index in [2.05, 4.69) is 29.8 Å². The van der Waals surface area contributed by atoms with Crippen molar-refractivity contribution in [1.82, 2.24) is 25.8 Å². The van der Waals surface area contributed by atoms with Crippen LogP contribution in [0, 0.1) is 28.6 Å². The van der Waals surface area contributed by atoms with E-state index in [0.717, 1.165) is 32.1 Å². The maximum Gasteiger partial charge on any atom is 0.316 e. The molecule has 0 aromatic heterocycles. The highest BCUT2D eigenvalue weighted by atomic mass is 16.2. The summed E-state index contributed by atoms with van der Waals surface area (Å²) in [5.41, 5.74) is 3.35. The number of hydrogen-bond acceptors (Lipinski definition) is 6. The van der Waals surface area contributed by atoms with Crippen LogP contribution in [0.15, 0.2) is 0 Å². The summed E-state index contributed by atoms with van der Waals surface area (Å²) in [7, 11) is 3.33. The van der Waals surface area contributed by atoms with E-state index < -0.39 is 58.6 Å². The molecule has 6 amide bonds. The van der Waals surface area contributed by atoms with Crippen LogP contribution < -0.4 is 21.7 Å². The number of carbonyl (C=O) groups excluding carboxylic acids is 6. The molecule has 3 saturated carbocycles. The second kappa shape index (κ2) is 11.7. The second-order valence-corrected chi connectivity index (χ2v) is 15.1. The standard InChI is InChI=1S/C31H50N6O6/c1-29(2,3)23(34-28(43)35-31(27(42)36(6)7)13-9-8-10-14-31)26(41)37-16-18-20(30(18,4)5)21(37)25(40)33-19(15-17-11-12-17)22(38)24(32)39/h17-21,23H,8-16H2,1-7H3,(H2,32,39)(H,33,40)(H2,34,35,43)/t18-,19?,20-,21-,23+/m0/s1. The van der Waals surface area contributed by atoms with Crippen LogP contribution in [0.5, 0.6) is 0 Å². The first-order valence-electron chi connectivity index (χ1n) is 15.7. The fourth-order valence-electron chi connectivity index (χ4n) is 7.34. The molecule has 0 aromatic rings. The summed E-state index contributed by atoms with van der Waals surface area (Å²) in [5.74, 6) is -2.79. The van der Waals surface area contributed by atoms with Gasteiger partial charge in [-0.2, -0.15) is 0 Å². The Kier molecular flexibility index (Phi) is 8.92. The van der Waals surface area contributed by atoms with Crippen LogP contribution in [0.1, 0.15) is 86.0 Å². The lowest BCUT2D eigenvalue weighted by molar-refractivity contribution is -0.145. The number of likely N-dealkylation sites (N-methyl/N-ethyl adjacent to an activating group) is 1. The summed E-state index contributed by atoms with van der Waals surface area (Å²) in [6, 6.07) is -3.48. The van der Waals surface area contributed by atoms with Crippen molar-refractivity contribution in [2.45, 2.75) is 110 Å². The van der Waals surface area contributed by atoms with Crippen LogP contribution in [0.25, 0.3) is 0 Å². The number of nitrogens with one attached hydrogen (secondary N) is 3. The zero-order valence-electron chi connectivity index (χ0n) is 26.7. The normalized spacial score (nSPS) is 26.8. The van der Waals surface area contributed by atoms with E-state index in [1.165, 1.54) is 9.80 Å². The molecule has 0 aromatic carbocycles. The van der Waals surface area contributed by atoms with Crippen LogP contribution in [0.3, 0.4) is 0 Å². The average Bonchev–Trinajstić information content (AvgIpc) is 3.77. The number of ketones is 1. The molecule has 240 valence electrons. The van der Waals surface area contributed by atoms with Gasteiger partial charge in [0.15, 0.2) is 0 Å². The molecule has 0 spiro atoms. The molecule has 1 heterocycles. The Morgan fingerprint density at radius 1 is 0.977 bits per heavy atom. The number of fused-ring (bicyclic) bond motifs is 1. The Balaban J connectivity index is 1.54. The van der Waals surface area contributed by atoms with Gasteiger partial charge in [0.1, 0.15) is 17.6 Å². The monoisotopic (exact) mass is 602 g/mol. The molecule has 1 aliphatic heterocycles. The smallest absolute Gasteiger partial charge is 0.316 e. The van der Waals surface area contributed by atoms with Gasteiger partial charge in [0, 0.05) is 20.6 Å². The zero-order chi connectivity index (χ0) is 32.1. The van der Waals surface area contributed by atoms with E-state index in [1.54, 1.807) is 14.1 Å². The van der Waals surface area contributed by atoms with Gasteiger partial charge in [0.2, 0.25) is 23.5 Å². The third-order valence-electron chi connectivity index (χ3n) is 10.2. The van der Waals surface area contributed by atoms with Crippen molar-refractivity contribution in [1.29, 1.82) is 0 Å². The quantitative estimate of drug-likeness (QED) is 0.275. The molecule has 4 fully saturated rings. The molecule has 5 N–H and O–H groups in total. The fraction of sp³-hybridized carbons (Fsp3) is 0.806. The van der Waals surface area contributed by atoms with Gasteiger partial charge < -0.3 is 31.5 Å². The molecule has 3 aliphatic carbocycles. The molecule has 1 unspecified atom stereocenters. The number of nitrogens with two attached hydrogens (primary N) is 1. The van der Waals surface area contributed by atoms with Crippen LogP contribution >= 0.6 is 0 Å². The number of nitrogens with zero attached hydrogens (tertiary/aromatic N) is 2. The lowest BCUT2D eigenvalue weighted by Gasteiger charge is -2.40. The predicted octanol–water partition coefficient (Wildman–Crippen LogP) is 1.31. The number of primary amides is 1. The largest absolute Gasteiger partial charge is 0.363 e. The van der Waals surface area contributed by atoms with Gasteiger partial charge in [-0.1, -0.05) is 66.7 Å². The molecule has 5 atom stereocenters. The first-order valence-corrected chi connectivity index (χ1v) is 15.7. The highest BCUT2D eigenvalue weighted by molar-refractivity contribution is 6.37. The van der Waals surface area contributed by atoms with Gasteiger partial charge in [0.05, 0.1) is 6.04 Å². The van der Waals surface area contributed by atoms with Gasteiger partial charge >= 0.3 is 6.03 Å². The topological polar surface area (TPSA) is 171 Å². The second-order valence-electron chi connectivity index (χ2n) is 15.1. The van der Waals surface area contributed by atoms with Gasteiger partial charge in [0.25, 0.3) is 5.91 Å². The van der Waals surface area contributed by atoms with E-state index in [9.17, 15) is 28.8 Å². The van der Waals surface area contributed by atoms with Crippen LogP contribution in [-0.4, -0.2) is 89.5 Å². The zero-order valence-corrected chi connectivity index (χ0v) is 26.7. The van der Waals surface area contributed by atoms with Gasteiger partial charge in [-0.3, -0.25) is 24.0 Å². The Morgan fingerprint density at radius 2 is 1.58 bits per heavy atom. The van der Waals surface area contributed by atoms with Crippen molar-refractivity contribution in [2.75, 3.05) is 20.6 Å². The number of likely N-dealkylation sites (tertiary alicyclic amines) is 1. The molecule has 4 aliphatic rings. The van der Waals surface area contributed by atoms with Crippen molar-refractivity contribution in [3.05, 3.63) is 0 Å². The van der Waals surface area contributed by atoms with E-state index in [0.29, 0.717) is 25.8 Å². The summed E-state index contributed by atoms with van der Waals surface area (Å²) in [4.78, 5) is 82.0. The molecular weight excluding hydrogens is 552 g/mol. The van der Waals surface area contributed by atoms with Crippen LogP contribution in [0.2, 0.25) is 0 Å². The van der Waals surface area contributed by atoms with Crippen molar-refractivity contribution < 1.29 is 28.8 Å². The Labute approximate surface area is 254 Å². The van der Waals surface area contributed by atoms with Gasteiger partial charge in [-0.25, -0.2) is 4.79 Å². The third-order valence-corrected chi connectivity index (χ3v) is 10.2. The summed E-state index contributed by atoms with van der Waals surface area (Å²) in [5, 5.41) is 8.55. The molecule has 0 radical (unpaired) electrons. The first kappa shape index (κ1) is 32.7. The number of piperidine rings is 1. The van der Waals surface area contributed by atoms with Gasteiger partial charge in [-0.15, -0.1) is 0 Å². The third kappa shape index (κ3) is 6.67. The minimum absolute atomic E-state index is 0.0820. The Hall–Kier alpha value is -3.18.